The quantitative estimate of drug-likeness (QED) is 0.743. The van der Waals surface area contributed by atoms with Gasteiger partial charge in [-0.05, 0) is 42.3 Å². The van der Waals surface area contributed by atoms with Gasteiger partial charge in [-0.15, -0.1) is 0 Å². The number of hydrogen-bond acceptors (Lipinski definition) is 2. The second-order valence-electron chi connectivity index (χ2n) is 4.52. The van der Waals surface area contributed by atoms with Crippen LogP contribution in [0.15, 0.2) is 55.6 Å². The molecule has 0 unspecified atom stereocenters. The third kappa shape index (κ3) is 3.09. The molecule has 2 nitrogen and oxygen atoms in total. The molecule has 0 aliphatic rings. The predicted molar refractivity (Wildman–Crippen MR) is 84.3 cm³/mol. The molecular weight excluding hydrogens is 248 g/mol. The normalized spacial score (nSPS) is 9.90. The van der Waals surface area contributed by atoms with Crippen molar-refractivity contribution < 1.29 is 9.47 Å². The molecule has 0 aliphatic carbocycles. The van der Waals surface area contributed by atoms with E-state index in [2.05, 4.69) is 13.2 Å². The maximum atomic E-state index is 5.85. The largest absolute Gasteiger partial charge is 0.493 e. The van der Waals surface area contributed by atoms with E-state index in [1.807, 2.05) is 49.4 Å². The number of methoxy groups -OCH3 is 1. The van der Waals surface area contributed by atoms with E-state index in [0.29, 0.717) is 11.5 Å². The molecule has 0 saturated heterocycles. The first-order valence-electron chi connectivity index (χ1n) is 6.38. The fraction of sp³-hybridized carbons (Fsp3) is 0.111. The zero-order valence-electron chi connectivity index (χ0n) is 11.8. The Bertz CT molecular complexity index is 624. The highest BCUT2D eigenvalue weighted by Gasteiger charge is 2.06. The van der Waals surface area contributed by atoms with Crippen LogP contribution in [-0.2, 0) is 0 Å². The molecule has 0 N–H and O–H groups in total. The lowest BCUT2D eigenvalue weighted by Crippen LogP contribution is -1.91. The second-order valence-corrected chi connectivity index (χ2v) is 4.52. The second kappa shape index (κ2) is 6.11. The van der Waals surface area contributed by atoms with Crippen molar-refractivity contribution in [2.45, 2.75) is 6.92 Å². The lowest BCUT2D eigenvalue weighted by atomic mass is 10.1. The first-order valence-corrected chi connectivity index (χ1v) is 6.38. The summed E-state index contributed by atoms with van der Waals surface area (Å²) in [5.41, 5.74) is 3.13. The van der Waals surface area contributed by atoms with Gasteiger partial charge >= 0.3 is 0 Å². The van der Waals surface area contributed by atoms with E-state index in [9.17, 15) is 0 Å². The maximum Gasteiger partial charge on any atom is 0.169 e. The molecule has 2 rings (SSSR count). The minimum Gasteiger partial charge on any atom is -0.493 e. The first-order chi connectivity index (χ1) is 9.63. The Morgan fingerprint density at radius 1 is 1.05 bits per heavy atom. The summed E-state index contributed by atoms with van der Waals surface area (Å²) < 4.78 is 11.2. The summed E-state index contributed by atoms with van der Waals surface area (Å²) in [6.07, 6.45) is 1.77. The Labute approximate surface area is 120 Å². The van der Waals surface area contributed by atoms with Gasteiger partial charge in [0, 0.05) is 0 Å². The lowest BCUT2D eigenvalue weighted by molar-refractivity contribution is 0.379. The van der Waals surface area contributed by atoms with E-state index < -0.39 is 0 Å². The smallest absolute Gasteiger partial charge is 0.169 e. The third-order valence-electron chi connectivity index (χ3n) is 3.00. The summed E-state index contributed by atoms with van der Waals surface area (Å²) in [6.45, 7) is 9.64. The van der Waals surface area contributed by atoms with Crippen LogP contribution in [0, 0.1) is 0 Å². The number of hydrogen-bond donors (Lipinski definition) is 0. The molecule has 0 heterocycles. The molecule has 0 atom stereocenters. The van der Waals surface area contributed by atoms with E-state index in [4.69, 9.17) is 9.47 Å². The Kier molecular flexibility index (Phi) is 4.26. The van der Waals surface area contributed by atoms with E-state index in [1.54, 1.807) is 13.2 Å². The minimum atomic E-state index is 0.682. The van der Waals surface area contributed by atoms with E-state index in [1.165, 1.54) is 0 Å². The maximum absolute atomic E-state index is 5.85. The van der Waals surface area contributed by atoms with Gasteiger partial charge in [0.05, 0.1) is 7.11 Å². The molecule has 0 saturated carbocycles. The van der Waals surface area contributed by atoms with Crippen molar-refractivity contribution in [2.24, 2.45) is 0 Å². The molecule has 102 valence electrons. The zero-order chi connectivity index (χ0) is 14.5. The van der Waals surface area contributed by atoms with Crippen LogP contribution in [0.3, 0.4) is 0 Å². The molecule has 2 aromatic rings. The van der Waals surface area contributed by atoms with Gasteiger partial charge in [-0.25, -0.2) is 0 Å². The van der Waals surface area contributed by atoms with Gasteiger partial charge in [-0.3, -0.25) is 0 Å². The molecule has 20 heavy (non-hydrogen) atoms. The molecule has 0 radical (unpaired) electrons. The van der Waals surface area contributed by atoms with Crippen LogP contribution in [0.2, 0.25) is 0 Å². The standard InChI is InChI=1S/C18H18O2/c1-5-14-6-11-17(18(12-14)19-4)20-16-9-7-15(8-10-16)13(2)3/h5-12H,1-2H2,3-4H3. The van der Waals surface area contributed by atoms with Crippen LogP contribution in [0.5, 0.6) is 17.2 Å². The van der Waals surface area contributed by atoms with Crippen LogP contribution in [0.1, 0.15) is 18.1 Å². The van der Waals surface area contributed by atoms with Crippen molar-refractivity contribution in [3.8, 4) is 17.2 Å². The number of ether oxygens (including phenoxy) is 2. The average molecular weight is 266 g/mol. The van der Waals surface area contributed by atoms with Crippen LogP contribution in [0.25, 0.3) is 11.6 Å². The zero-order valence-corrected chi connectivity index (χ0v) is 11.8. The molecule has 0 aromatic heterocycles. The van der Waals surface area contributed by atoms with Gasteiger partial charge < -0.3 is 9.47 Å². The summed E-state index contributed by atoms with van der Waals surface area (Å²) >= 11 is 0. The van der Waals surface area contributed by atoms with Crippen molar-refractivity contribution in [2.75, 3.05) is 7.11 Å². The van der Waals surface area contributed by atoms with Crippen LogP contribution >= 0.6 is 0 Å². The van der Waals surface area contributed by atoms with Crippen molar-refractivity contribution in [3.63, 3.8) is 0 Å². The van der Waals surface area contributed by atoms with E-state index in [-0.39, 0.29) is 0 Å². The SMILES string of the molecule is C=Cc1ccc(Oc2ccc(C(=C)C)cc2)c(OC)c1. The lowest BCUT2D eigenvalue weighted by Gasteiger charge is -2.11. The number of benzene rings is 2. The Morgan fingerprint density at radius 2 is 1.75 bits per heavy atom. The van der Waals surface area contributed by atoms with Crippen molar-refractivity contribution >= 4 is 11.6 Å². The van der Waals surface area contributed by atoms with Gasteiger partial charge in [-0.2, -0.15) is 0 Å². The molecule has 0 spiro atoms. The van der Waals surface area contributed by atoms with Crippen LogP contribution < -0.4 is 9.47 Å². The summed E-state index contributed by atoms with van der Waals surface area (Å²) in [6, 6.07) is 13.5. The minimum absolute atomic E-state index is 0.682. The Balaban J connectivity index is 2.25. The summed E-state index contributed by atoms with van der Waals surface area (Å²) in [7, 11) is 1.62. The molecule has 0 bridgehead atoms. The monoisotopic (exact) mass is 266 g/mol. The third-order valence-corrected chi connectivity index (χ3v) is 3.00. The van der Waals surface area contributed by atoms with E-state index >= 15 is 0 Å². The molecule has 2 heteroatoms. The Morgan fingerprint density at radius 3 is 2.30 bits per heavy atom. The highest BCUT2D eigenvalue weighted by molar-refractivity contribution is 5.62. The molecule has 2 aromatic carbocycles. The fourth-order valence-corrected chi connectivity index (χ4v) is 1.83. The van der Waals surface area contributed by atoms with Gasteiger partial charge in [0.1, 0.15) is 5.75 Å². The highest BCUT2D eigenvalue weighted by Crippen LogP contribution is 2.32. The van der Waals surface area contributed by atoms with Crippen LogP contribution in [-0.4, -0.2) is 7.11 Å². The van der Waals surface area contributed by atoms with Crippen molar-refractivity contribution in [3.05, 3.63) is 66.7 Å². The molecule has 0 amide bonds. The molecule has 0 fully saturated rings. The van der Waals surface area contributed by atoms with E-state index in [0.717, 1.165) is 22.4 Å². The number of allylic oxidation sites excluding steroid dienone is 1. The first kappa shape index (κ1) is 13.9. The van der Waals surface area contributed by atoms with Gasteiger partial charge in [0.25, 0.3) is 0 Å². The van der Waals surface area contributed by atoms with Gasteiger partial charge in [0.2, 0.25) is 0 Å². The predicted octanol–water partition coefficient (Wildman–Crippen LogP) is 5.16. The van der Waals surface area contributed by atoms with Gasteiger partial charge in [-0.1, -0.05) is 43.0 Å². The summed E-state index contributed by atoms with van der Waals surface area (Å²) in [4.78, 5) is 0. The molecular formula is C18H18O2. The number of rotatable bonds is 5. The summed E-state index contributed by atoms with van der Waals surface area (Å²) in [5.74, 6) is 2.13. The van der Waals surface area contributed by atoms with Crippen LogP contribution in [0.4, 0.5) is 0 Å². The highest BCUT2D eigenvalue weighted by atomic mass is 16.5. The summed E-state index contributed by atoms with van der Waals surface area (Å²) in [5, 5.41) is 0. The molecule has 0 aliphatic heterocycles. The Hall–Kier alpha value is -2.48. The average Bonchev–Trinajstić information content (AvgIpc) is 2.48. The van der Waals surface area contributed by atoms with Gasteiger partial charge in [0.15, 0.2) is 11.5 Å². The fourth-order valence-electron chi connectivity index (χ4n) is 1.83. The van der Waals surface area contributed by atoms with Crippen molar-refractivity contribution in [1.82, 2.24) is 0 Å². The topological polar surface area (TPSA) is 18.5 Å². The van der Waals surface area contributed by atoms with Crippen molar-refractivity contribution in [1.29, 1.82) is 0 Å².